The Kier molecular flexibility index (Phi) is 5.50. The third kappa shape index (κ3) is 3.58. The minimum Gasteiger partial charge on any atom is -0.467 e. The van der Waals surface area contributed by atoms with E-state index in [1.54, 1.807) is 26.6 Å². The van der Waals surface area contributed by atoms with Gasteiger partial charge in [0.15, 0.2) is 0 Å². The molecule has 0 unspecified atom stereocenters. The van der Waals surface area contributed by atoms with Crippen LogP contribution in [0.3, 0.4) is 0 Å². The third-order valence-electron chi connectivity index (χ3n) is 6.27. The van der Waals surface area contributed by atoms with E-state index in [0.29, 0.717) is 12.0 Å². The van der Waals surface area contributed by atoms with Gasteiger partial charge in [0.25, 0.3) is 0 Å². The molecule has 0 N–H and O–H groups in total. The van der Waals surface area contributed by atoms with Gasteiger partial charge in [-0.2, -0.15) is 9.97 Å². The van der Waals surface area contributed by atoms with Crippen LogP contribution in [0, 0.1) is 0 Å². The van der Waals surface area contributed by atoms with Gasteiger partial charge in [0.2, 0.25) is 0 Å². The maximum atomic E-state index is 5.34. The number of rotatable bonds is 6. The fraction of sp³-hybridized carbons (Fsp3) is 0.231. The van der Waals surface area contributed by atoms with Crippen molar-refractivity contribution in [2.24, 2.45) is 0 Å². The maximum absolute atomic E-state index is 5.34. The molecule has 1 saturated carbocycles. The lowest BCUT2D eigenvalue weighted by Gasteiger charge is -2.52. The zero-order chi connectivity index (χ0) is 21.9. The Morgan fingerprint density at radius 1 is 0.531 bits per heavy atom. The molecule has 0 spiro atoms. The molecule has 0 amide bonds. The number of hydrogen-bond donors (Lipinski definition) is 0. The Hall–Kier alpha value is -3.80. The fourth-order valence-electron chi connectivity index (χ4n) is 4.94. The Bertz CT molecular complexity index is 1080. The molecule has 4 aromatic rings. The van der Waals surface area contributed by atoms with Crippen molar-refractivity contribution in [3.05, 3.63) is 108 Å². The van der Waals surface area contributed by atoms with Crippen LogP contribution in [0.2, 0.25) is 0 Å². The van der Waals surface area contributed by atoms with Gasteiger partial charge in [-0.25, -0.2) is 9.97 Å². The molecule has 2 heterocycles. The Labute approximate surface area is 187 Å². The molecule has 6 heteroatoms. The zero-order valence-corrected chi connectivity index (χ0v) is 18.0. The van der Waals surface area contributed by atoms with Crippen LogP contribution in [0.1, 0.15) is 46.2 Å². The van der Waals surface area contributed by atoms with Crippen molar-refractivity contribution >= 4 is 0 Å². The van der Waals surface area contributed by atoms with Crippen molar-refractivity contribution in [1.29, 1.82) is 0 Å². The molecule has 0 radical (unpaired) electrons. The lowest BCUT2D eigenvalue weighted by atomic mass is 9.50. The van der Waals surface area contributed by atoms with E-state index in [4.69, 9.17) is 19.4 Å². The maximum Gasteiger partial charge on any atom is 0.316 e. The summed E-state index contributed by atoms with van der Waals surface area (Å²) in [6.07, 6.45) is 3.54. The second-order valence-electron chi connectivity index (χ2n) is 7.86. The van der Waals surface area contributed by atoms with Crippen molar-refractivity contribution in [3.63, 3.8) is 0 Å². The van der Waals surface area contributed by atoms with Gasteiger partial charge in [0.1, 0.15) is 0 Å². The second kappa shape index (κ2) is 8.75. The van der Waals surface area contributed by atoms with Gasteiger partial charge >= 0.3 is 12.0 Å². The average Bonchev–Trinajstić information content (AvgIpc) is 2.85. The van der Waals surface area contributed by atoms with E-state index >= 15 is 0 Å². The quantitative estimate of drug-likeness (QED) is 0.446. The first-order valence-corrected chi connectivity index (χ1v) is 10.6. The van der Waals surface area contributed by atoms with Gasteiger partial charge in [-0.05, 0) is 23.3 Å². The molecule has 5 rings (SSSR count). The van der Waals surface area contributed by atoms with Crippen molar-refractivity contribution < 1.29 is 9.47 Å². The average molecular weight is 425 g/mol. The number of benzene rings is 2. The summed E-state index contributed by atoms with van der Waals surface area (Å²) in [6.45, 7) is 0. The van der Waals surface area contributed by atoms with E-state index in [1.165, 1.54) is 11.1 Å². The van der Waals surface area contributed by atoms with Crippen LogP contribution < -0.4 is 9.47 Å². The first-order chi connectivity index (χ1) is 15.8. The van der Waals surface area contributed by atoms with E-state index in [-0.39, 0.29) is 23.7 Å². The SMILES string of the molecule is COc1nccc([C@H]2[C@H](c3ccccc3)[C@H](c3ccnc(OC)n3)[C@H]2c2ccccc2)n1. The number of hydrogen-bond acceptors (Lipinski definition) is 6. The number of methoxy groups -OCH3 is 2. The Balaban J connectivity index is 1.68. The van der Waals surface area contributed by atoms with Gasteiger partial charge < -0.3 is 9.47 Å². The summed E-state index contributed by atoms with van der Waals surface area (Å²) in [5, 5.41) is 0. The summed E-state index contributed by atoms with van der Waals surface area (Å²) in [5.41, 5.74) is 4.45. The largest absolute Gasteiger partial charge is 0.467 e. The van der Waals surface area contributed by atoms with Gasteiger partial charge in [-0.1, -0.05) is 60.7 Å². The van der Waals surface area contributed by atoms with Crippen molar-refractivity contribution in [1.82, 2.24) is 19.9 Å². The van der Waals surface area contributed by atoms with Gasteiger partial charge in [0.05, 0.1) is 25.6 Å². The minimum absolute atomic E-state index is 0.141. The van der Waals surface area contributed by atoms with Gasteiger partial charge in [-0.15, -0.1) is 0 Å². The number of aromatic nitrogens is 4. The van der Waals surface area contributed by atoms with Crippen LogP contribution in [0.4, 0.5) is 0 Å². The summed E-state index contributed by atoms with van der Waals surface area (Å²) < 4.78 is 10.7. The third-order valence-corrected chi connectivity index (χ3v) is 6.27. The molecule has 1 fully saturated rings. The lowest BCUT2D eigenvalue weighted by molar-refractivity contribution is 0.216. The first-order valence-electron chi connectivity index (χ1n) is 10.6. The van der Waals surface area contributed by atoms with E-state index in [2.05, 4.69) is 58.5 Å². The summed E-state index contributed by atoms with van der Waals surface area (Å²) >= 11 is 0. The molecule has 32 heavy (non-hydrogen) atoms. The Morgan fingerprint density at radius 3 is 1.31 bits per heavy atom. The molecule has 2 aromatic heterocycles. The lowest BCUT2D eigenvalue weighted by Crippen LogP contribution is -2.41. The molecular weight excluding hydrogens is 400 g/mol. The van der Waals surface area contributed by atoms with Crippen LogP contribution in [0.15, 0.2) is 85.2 Å². The monoisotopic (exact) mass is 424 g/mol. The van der Waals surface area contributed by atoms with Crippen LogP contribution in [-0.2, 0) is 0 Å². The molecule has 2 aromatic carbocycles. The summed E-state index contributed by atoms with van der Waals surface area (Å²) in [7, 11) is 3.19. The highest BCUT2D eigenvalue weighted by molar-refractivity contribution is 5.45. The number of nitrogens with zero attached hydrogens (tertiary/aromatic N) is 4. The summed E-state index contributed by atoms with van der Waals surface area (Å²) in [6, 6.07) is 25.9. The van der Waals surface area contributed by atoms with Gasteiger partial charge in [0, 0.05) is 36.1 Å². The van der Waals surface area contributed by atoms with E-state index < -0.39 is 0 Å². The predicted octanol–water partition coefficient (Wildman–Crippen LogP) is 4.73. The molecule has 0 atom stereocenters. The smallest absolute Gasteiger partial charge is 0.316 e. The molecule has 0 saturated heterocycles. The van der Waals surface area contributed by atoms with E-state index in [9.17, 15) is 0 Å². The van der Waals surface area contributed by atoms with Gasteiger partial charge in [-0.3, -0.25) is 0 Å². The Morgan fingerprint density at radius 2 is 0.938 bits per heavy atom. The highest BCUT2D eigenvalue weighted by Crippen LogP contribution is 2.65. The normalized spacial score (nSPS) is 22.1. The zero-order valence-electron chi connectivity index (χ0n) is 18.0. The topological polar surface area (TPSA) is 70.0 Å². The molecule has 1 aliphatic carbocycles. The molecular formula is C26H24N4O2. The number of ether oxygens (including phenoxy) is 2. The molecule has 0 bridgehead atoms. The van der Waals surface area contributed by atoms with Crippen molar-refractivity contribution in [2.75, 3.05) is 14.2 Å². The molecule has 0 aliphatic heterocycles. The second-order valence-corrected chi connectivity index (χ2v) is 7.86. The molecule has 160 valence electrons. The summed E-state index contributed by atoms with van der Waals surface area (Å²) in [4.78, 5) is 17.9. The highest BCUT2D eigenvalue weighted by atomic mass is 16.5. The van der Waals surface area contributed by atoms with E-state index in [0.717, 1.165) is 11.4 Å². The fourth-order valence-corrected chi connectivity index (χ4v) is 4.94. The predicted molar refractivity (Wildman–Crippen MR) is 121 cm³/mol. The van der Waals surface area contributed by atoms with Crippen LogP contribution in [0.5, 0.6) is 12.0 Å². The van der Waals surface area contributed by atoms with E-state index in [1.807, 2.05) is 24.3 Å². The molecule has 6 nitrogen and oxygen atoms in total. The van der Waals surface area contributed by atoms with Crippen LogP contribution in [-0.4, -0.2) is 34.2 Å². The molecule has 1 aliphatic rings. The minimum atomic E-state index is 0.141. The summed E-state index contributed by atoms with van der Waals surface area (Å²) in [5.74, 6) is 0.645. The first kappa shape index (κ1) is 20.1. The van der Waals surface area contributed by atoms with Crippen molar-refractivity contribution in [3.8, 4) is 12.0 Å². The highest BCUT2D eigenvalue weighted by Gasteiger charge is 2.54. The van der Waals surface area contributed by atoms with Crippen LogP contribution in [0.25, 0.3) is 0 Å². The van der Waals surface area contributed by atoms with Crippen molar-refractivity contribution in [2.45, 2.75) is 23.7 Å². The van der Waals surface area contributed by atoms with Crippen LogP contribution >= 0.6 is 0 Å². The standard InChI is InChI=1S/C26H24N4O2/c1-31-25-27-15-13-19(29-25)23-21(17-9-5-3-6-10-17)24(20-14-16-28-26(30-20)32-2)22(23)18-11-7-4-8-12-18/h3-16,21-24H,1-2H3/t21-,22-,23-,24-.